The average molecular weight is 265 g/mol. The molecule has 0 spiro atoms. The first-order valence-corrected chi connectivity index (χ1v) is 7.99. The summed E-state index contributed by atoms with van der Waals surface area (Å²) in [6.45, 7) is 3.52. The Morgan fingerprint density at radius 3 is 2.53 bits per heavy atom. The average Bonchev–Trinajstić information content (AvgIpc) is 2.43. The fourth-order valence-corrected chi connectivity index (χ4v) is 4.12. The van der Waals surface area contributed by atoms with Crippen LogP contribution in [0.25, 0.3) is 0 Å². The van der Waals surface area contributed by atoms with Gasteiger partial charge in [0.05, 0.1) is 0 Å². The van der Waals surface area contributed by atoms with Gasteiger partial charge < -0.3 is 16.0 Å². The third-order valence-electron chi connectivity index (χ3n) is 5.42. The van der Waals surface area contributed by atoms with Gasteiger partial charge >= 0.3 is 0 Å². The summed E-state index contributed by atoms with van der Waals surface area (Å²) >= 11 is 0. The summed E-state index contributed by atoms with van der Waals surface area (Å²) in [5.41, 5.74) is 6.13. The van der Waals surface area contributed by atoms with Crippen LogP contribution in [0.4, 0.5) is 0 Å². The van der Waals surface area contributed by atoms with Crippen molar-refractivity contribution >= 4 is 5.91 Å². The number of hydrogen-bond donors (Lipinski definition) is 2. The zero-order valence-corrected chi connectivity index (χ0v) is 11.8. The van der Waals surface area contributed by atoms with E-state index in [0.29, 0.717) is 24.3 Å². The number of fused-ring (bicyclic) bond motifs is 3. The Morgan fingerprint density at radius 1 is 1.16 bits per heavy atom. The molecule has 4 aliphatic rings. The number of amides is 1. The first kappa shape index (κ1) is 13.4. The number of hydrogen-bond acceptors (Lipinski definition) is 3. The lowest BCUT2D eigenvalue weighted by atomic mass is 9.82. The summed E-state index contributed by atoms with van der Waals surface area (Å²) in [4.78, 5) is 14.7. The second-order valence-electron chi connectivity index (χ2n) is 6.72. The minimum absolute atomic E-state index is 0.237. The summed E-state index contributed by atoms with van der Waals surface area (Å²) < 4.78 is 0. The largest absolute Gasteiger partial charge is 0.352 e. The zero-order chi connectivity index (χ0) is 13.2. The highest BCUT2D eigenvalue weighted by Crippen LogP contribution is 2.29. The molecule has 0 aromatic heterocycles. The molecule has 1 saturated carbocycles. The van der Waals surface area contributed by atoms with Crippen molar-refractivity contribution in [2.24, 2.45) is 17.6 Å². The summed E-state index contributed by atoms with van der Waals surface area (Å²) in [7, 11) is 0. The van der Waals surface area contributed by atoms with Gasteiger partial charge in [-0.3, -0.25) is 4.79 Å². The molecule has 3 aliphatic heterocycles. The van der Waals surface area contributed by atoms with E-state index in [1.807, 2.05) is 0 Å². The number of nitrogens with two attached hydrogens (primary N) is 1. The van der Waals surface area contributed by atoms with Gasteiger partial charge in [-0.15, -0.1) is 0 Å². The van der Waals surface area contributed by atoms with E-state index in [0.717, 1.165) is 19.4 Å². The lowest BCUT2D eigenvalue weighted by molar-refractivity contribution is -0.124. The molecule has 3 atom stereocenters. The number of carbonyl (C=O) groups is 1. The van der Waals surface area contributed by atoms with Crippen molar-refractivity contribution in [3.63, 3.8) is 0 Å². The molecule has 4 fully saturated rings. The number of nitrogens with one attached hydrogen (secondary N) is 1. The standard InChI is InChI=1S/C15H27N3O/c16-13-4-2-1-3-12(13)9-15(19)17-14-10-18-7-5-11(14)6-8-18/h11-14H,1-10,16H2,(H,17,19). The Bertz CT molecular complexity index is 325. The van der Waals surface area contributed by atoms with Crippen LogP contribution >= 0.6 is 0 Å². The molecule has 19 heavy (non-hydrogen) atoms. The highest BCUT2D eigenvalue weighted by atomic mass is 16.1. The van der Waals surface area contributed by atoms with E-state index in [4.69, 9.17) is 5.73 Å². The van der Waals surface area contributed by atoms with Crippen LogP contribution in [-0.2, 0) is 4.79 Å². The van der Waals surface area contributed by atoms with Crippen molar-refractivity contribution in [2.45, 2.75) is 57.0 Å². The second-order valence-corrected chi connectivity index (χ2v) is 6.72. The highest BCUT2D eigenvalue weighted by molar-refractivity contribution is 5.76. The van der Waals surface area contributed by atoms with Crippen LogP contribution in [0.2, 0.25) is 0 Å². The molecular formula is C15H27N3O. The molecule has 2 bridgehead atoms. The van der Waals surface area contributed by atoms with Gasteiger partial charge in [0.2, 0.25) is 5.91 Å². The lowest BCUT2D eigenvalue weighted by Crippen LogP contribution is -2.57. The quantitative estimate of drug-likeness (QED) is 0.803. The molecule has 1 aliphatic carbocycles. The summed E-state index contributed by atoms with van der Waals surface area (Å²) in [5.74, 6) is 1.37. The molecule has 3 N–H and O–H groups in total. The van der Waals surface area contributed by atoms with Crippen molar-refractivity contribution < 1.29 is 4.79 Å². The van der Waals surface area contributed by atoms with Gasteiger partial charge in [0.1, 0.15) is 0 Å². The SMILES string of the molecule is NC1CCCCC1CC(=O)NC1CN2CCC1CC2. The first-order valence-electron chi connectivity index (χ1n) is 7.99. The van der Waals surface area contributed by atoms with Crippen LogP contribution in [0.15, 0.2) is 0 Å². The third kappa shape index (κ3) is 3.11. The van der Waals surface area contributed by atoms with E-state index in [1.54, 1.807) is 0 Å². The van der Waals surface area contributed by atoms with Gasteiger partial charge in [-0.2, -0.15) is 0 Å². The molecule has 4 rings (SSSR count). The monoisotopic (exact) mass is 265 g/mol. The van der Waals surface area contributed by atoms with Crippen molar-refractivity contribution in [1.29, 1.82) is 0 Å². The van der Waals surface area contributed by atoms with Crippen molar-refractivity contribution in [2.75, 3.05) is 19.6 Å². The van der Waals surface area contributed by atoms with Crippen molar-refractivity contribution in [1.82, 2.24) is 10.2 Å². The molecule has 3 unspecified atom stereocenters. The molecule has 4 nitrogen and oxygen atoms in total. The number of nitrogens with zero attached hydrogens (tertiary/aromatic N) is 1. The first-order chi connectivity index (χ1) is 9.22. The number of rotatable bonds is 3. The van der Waals surface area contributed by atoms with E-state index in [2.05, 4.69) is 10.2 Å². The third-order valence-corrected chi connectivity index (χ3v) is 5.42. The fraction of sp³-hybridized carbons (Fsp3) is 0.933. The molecule has 4 heteroatoms. The topological polar surface area (TPSA) is 58.4 Å². The normalized spacial score (nSPS) is 42.1. The number of carbonyl (C=O) groups excluding carboxylic acids is 1. The second kappa shape index (κ2) is 5.80. The maximum atomic E-state index is 12.2. The predicted molar refractivity (Wildman–Crippen MR) is 75.6 cm³/mol. The van der Waals surface area contributed by atoms with Crippen LogP contribution in [0.3, 0.4) is 0 Å². The molecular weight excluding hydrogens is 238 g/mol. The van der Waals surface area contributed by atoms with Crippen LogP contribution in [-0.4, -0.2) is 42.5 Å². The Hall–Kier alpha value is -0.610. The Morgan fingerprint density at radius 2 is 1.89 bits per heavy atom. The molecule has 0 aromatic carbocycles. The number of piperidine rings is 3. The van der Waals surface area contributed by atoms with Gasteiger partial charge in [0.25, 0.3) is 0 Å². The Kier molecular flexibility index (Phi) is 4.08. The fourth-order valence-electron chi connectivity index (χ4n) is 4.12. The molecule has 0 aromatic rings. The summed E-state index contributed by atoms with van der Waals surface area (Å²) in [5, 5.41) is 3.28. The lowest BCUT2D eigenvalue weighted by Gasteiger charge is -2.45. The minimum Gasteiger partial charge on any atom is -0.352 e. The van der Waals surface area contributed by atoms with E-state index in [-0.39, 0.29) is 11.9 Å². The summed E-state index contributed by atoms with van der Waals surface area (Å²) in [6.07, 6.45) is 7.86. The van der Waals surface area contributed by atoms with Gasteiger partial charge in [-0.25, -0.2) is 0 Å². The van der Waals surface area contributed by atoms with Crippen molar-refractivity contribution in [3.8, 4) is 0 Å². The maximum Gasteiger partial charge on any atom is 0.220 e. The predicted octanol–water partition coefficient (Wildman–Crippen LogP) is 1.10. The molecule has 3 heterocycles. The Labute approximate surface area is 116 Å². The van der Waals surface area contributed by atoms with E-state index in [9.17, 15) is 4.79 Å². The minimum atomic E-state index is 0.237. The molecule has 0 radical (unpaired) electrons. The van der Waals surface area contributed by atoms with E-state index >= 15 is 0 Å². The van der Waals surface area contributed by atoms with Gasteiger partial charge in [0, 0.05) is 25.0 Å². The van der Waals surface area contributed by atoms with E-state index < -0.39 is 0 Å². The highest BCUT2D eigenvalue weighted by Gasteiger charge is 2.35. The van der Waals surface area contributed by atoms with Crippen LogP contribution in [0, 0.1) is 11.8 Å². The van der Waals surface area contributed by atoms with Gasteiger partial charge in [-0.1, -0.05) is 12.8 Å². The van der Waals surface area contributed by atoms with Gasteiger partial charge in [0.15, 0.2) is 0 Å². The summed E-state index contributed by atoms with van der Waals surface area (Å²) in [6, 6.07) is 0.640. The molecule has 108 valence electrons. The molecule has 3 saturated heterocycles. The van der Waals surface area contributed by atoms with Crippen LogP contribution < -0.4 is 11.1 Å². The van der Waals surface area contributed by atoms with Crippen LogP contribution in [0.5, 0.6) is 0 Å². The zero-order valence-electron chi connectivity index (χ0n) is 11.8. The smallest absolute Gasteiger partial charge is 0.220 e. The Balaban J connectivity index is 1.48. The van der Waals surface area contributed by atoms with Crippen molar-refractivity contribution in [3.05, 3.63) is 0 Å². The maximum absolute atomic E-state index is 12.2. The van der Waals surface area contributed by atoms with E-state index in [1.165, 1.54) is 38.8 Å². The molecule has 1 amide bonds. The van der Waals surface area contributed by atoms with Gasteiger partial charge in [-0.05, 0) is 50.6 Å². The van der Waals surface area contributed by atoms with Crippen LogP contribution in [0.1, 0.15) is 44.9 Å².